The normalized spacial score (nSPS) is 45.0. The summed E-state index contributed by atoms with van der Waals surface area (Å²) in [4.78, 5) is 0. The van der Waals surface area contributed by atoms with Crippen LogP contribution in [0.5, 0.6) is 0 Å². The lowest BCUT2D eigenvalue weighted by atomic mass is 9.63. The third-order valence-corrected chi connectivity index (χ3v) is 5.68. The summed E-state index contributed by atoms with van der Waals surface area (Å²) >= 11 is 0. The molecule has 7 nitrogen and oxygen atoms in total. The van der Waals surface area contributed by atoms with Gasteiger partial charge < -0.3 is 35.0 Å². The van der Waals surface area contributed by atoms with Gasteiger partial charge in [-0.3, -0.25) is 0 Å². The van der Waals surface area contributed by atoms with Crippen LogP contribution in [-0.2, 0) is 9.47 Å². The lowest BCUT2D eigenvalue weighted by Gasteiger charge is -2.47. The molecule has 1 saturated heterocycles. The van der Waals surface area contributed by atoms with Crippen molar-refractivity contribution in [2.24, 2.45) is 17.3 Å². The van der Waals surface area contributed by atoms with Gasteiger partial charge in [-0.05, 0) is 37.0 Å². The van der Waals surface area contributed by atoms with E-state index in [0.717, 1.165) is 12.8 Å². The fourth-order valence-electron chi connectivity index (χ4n) is 4.34. The van der Waals surface area contributed by atoms with Gasteiger partial charge in [0.25, 0.3) is 0 Å². The van der Waals surface area contributed by atoms with Gasteiger partial charge in [0.1, 0.15) is 24.4 Å². The van der Waals surface area contributed by atoms with Gasteiger partial charge in [0.15, 0.2) is 6.29 Å². The van der Waals surface area contributed by atoms with Crippen LogP contribution in [0.1, 0.15) is 40.5 Å². The number of allylic oxidation sites excluding steroid dienone is 1. The number of aliphatic hydroxyl groups excluding tert-OH is 5. The molecule has 0 aromatic rings. The predicted molar refractivity (Wildman–Crippen MR) is 95.1 cm³/mol. The van der Waals surface area contributed by atoms with E-state index in [1.807, 2.05) is 6.08 Å². The van der Waals surface area contributed by atoms with E-state index in [1.54, 1.807) is 6.92 Å². The highest BCUT2D eigenvalue weighted by atomic mass is 16.7. The molecular formula is C19H34O7. The largest absolute Gasteiger partial charge is 0.394 e. The van der Waals surface area contributed by atoms with Gasteiger partial charge in [0.2, 0.25) is 0 Å². The van der Waals surface area contributed by atoms with Gasteiger partial charge in [0.05, 0.1) is 18.8 Å². The molecular weight excluding hydrogens is 340 g/mol. The molecule has 9 atom stereocenters. The fourth-order valence-corrected chi connectivity index (χ4v) is 4.34. The van der Waals surface area contributed by atoms with Crippen LogP contribution in [-0.4, -0.2) is 75.1 Å². The Hall–Kier alpha value is -0.540. The highest BCUT2D eigenvalue weighted by Crippen LogP contribution is 2.46. The van der Waals surface area contributed by atoms with Crippen molar-refractivity contribution in [3.05, 3.63) is 12.2 Å². The average Bonchev–Trinajstić information content (AvgIpc) is 2.53. The van der Waals surface area contributed by atoms with Crippen molar-refractivity contribution in [3.63, 3.8) is 0 Å². The first-order chi connectivity index (χ1) is 12.1. The van der Waals surface area contributed by atoms with Crippen molar-refractivity contribution >= 4 is 0 Å². The highest BCUT2D eigenvalue weighted by molar-refractivity contribution is 5.03. The molecule has 0 unspecified atom stereocenters. The zero-order valence-electron chi connectivity index (χ0n) is 16.0. The molecule has 152 valence electrons. The quantitative estimate of drug-likeness (QED) is 0.436. The summed E-state index contributed by atoms with van der Waals surface area (Å²) in [7, 11) is 0. The van der Waals surface area contributed by atoms with Crippen LogP contribution >= 0.6 is 0 Å². The predicted octanol–water partition coefficient (Wildman–Crippen LogP) is 0.181. The Morgan fingerprint density at radius 2 is 1.85 bits per heavy atom. The smallest absolute Gasteiger partial charge is 0.186 e. The Morgan fingerprint density at radius 3 is 2.38 bits per heavy atom. The van der Waals surface area contributed by atoms with E-state index < -0.39 is 43.4 Å². The van der Waals surface area contributed by atoms with Crippen LogP contribution in [0.2, 0.25) is 0 Å². The van der Waals surface area contributed by atoms with Crippen LogP contribution in [0.4, 0.5) is 0 Å². The third kappa shape index (κ3) is 4.84. The molecule has 1 saturated carbocycles. The Kier molecular flexibility index (Phi) is 7.23. The molecule has 5 N–H and O–H groups in total. The maximum absolute atomic E-state index is 10.2. The van der Waals surface area contributed by atoms with E-state index in [9.17, 15) is 25.5 Å². The summed E-state index contributed by atoms with van der Waals surface area (Å²) in [5.41, 5.74) is -0.0815. The second-order valence-corrected chi connectivity index (χ2v) is 8.51. The second-order valence-electron chi connectivity index (χ2n) is 8.51. The Balaban J connectivity index is 2.05. The van der Waals surface area contributed by atoms with E-state index >= 15 is 0 Å². The Morgan fingerprint density at radius 1 is 1.19 bits per heavy atom. The monoisotopic (exact) mass is 374 g/mol. The summed E-state index contributed by atoms with van der Waals surface area (Å²) in [5, 5.41) is 48.7. The number of hydrogen-bond acceptors (Lipinski definition) is 7. The third-order valence-electron chi connectivity index (χ3n) is 5.68. The summed E-state index contributed by atoms with van der Waals surface area (Å²) in [6.45, 7) is 7.67. The zero-order chi connectivity index (χ0) is 19.6. The molecule has 0 amide bonds. The average molecular weight is 374 g/mol. The molecule has 0 aromatic heterocycles. The Labute approximate surface area is 155 Å². The lowest BCUT2D eigenvalue weighted by molar-refractivity contribution is -0.316. The van der Waals surface area contributed by atoms with Crippen molar-refractivity contribution in [3.8, 4) is 0 Å². The molecule has 1 aliphatic carbocycles. The standard InChI is InChI=1S/C19H34O7/c1-10-7-12(8-19(3,4)13(10)6-5-11(2)21)25-18-17(24)16(23)15(22)14(9-20)26-18/h5-6,10-18,20-24H,7-9H2,1-4H3/b6-5+/t10-,11-,12+,13+,14-,15-,16+,17-,18-/m1/s1. The number of rotatable bonds is 5. The maximum Gasteiger partial charge on any atom is 0.186 e. The molecule has 0 aromatic carbocycles. The molecule has 2 rings (SSSR count). The van der Waals surface area contributed by atoms with Crippen LogP contribution in [0.25, 0.3) is 0 Å². The summed E-state index contributed by atoms with van der Waals surface area (Å²) in [5.74, 6) is 0.579. The minimum absolute atomic E-state index is 0.0815. The minimum atomic E-state index is -1.43. The van der Waals surface area contributed by atoms with E-state index in [2.05, 4.69) is 26.8 Å². The van der Waals surface area contributed by atoms with Gasteiger partial charge in [-0.25, -0.2) is 0 Å². The van der Waals surface area contributed by atoms with Crippen LogP contribution in [0.15, 0.2) is 12.2 Å². The van der Waals surface area contributed by atoms with Crippen LogP contribution < -0.4 is 0 Å². The van der Waals surface area contributed by atoms with Crippen molar-refractivity contribution in [2.75, 3.05) is 6.61 Å². The molecule has 1 heterocycles. The van der Waals surface area contributed by atoms with Crippen molar-refractivity contribution in [1.29, 1.82) is 0 Å². The lowest BCUT2D eigenvalue weighted by Crippen LogP contribution is -2.60. The molecule has 2 aliphatic rings. The SMILES string of the molecule is C[C@@H]1C[C@H](O[C@@H]2O[C@H](CO)[C@@H](O)[C@H](O)[C@H]2O)CC(C)(C)[C@H]1/C=C/[C@@H](C)O. The molecule has 7 heteroatoms. The molecule has 2 fully saturated rings. The number of ether oxygens (including phenoxy) is 2. The van der Waals surface area contributed by atoms with Crippen molar-refractivity contribution in [1.82, 2.24) is 0 Å². The van der Waals surface area contributed by atoms with E-state index in [4.69, 9.17) is 9.47 Å². The topological polar surface area (TPSA) is 120 Å². The summed E-state index contributed by atoms with van der Waals surface area (Å²) < 4.78 is 11.4. The number of hydrogen-bond donors (Lipinski definition) is 5. The zero-order valence-corrected chi connectivity index (χ0v) is 16.0. The van der Waals surface area contributed by atoms with Crippen molar-refractivity contribution in [2.45, 2.75) is 83.5 Å². The maximum atomic E-state index is 10.2. The van der Waals surface area contributed by atoms with Crippen LogP contribution in [0.3, 0.4) is 0 Å². The van der Waals surface area contributed by atoms with Gasteiger partial charge in [-0.1, -0.05) is 32.9 Å². The van der Waals surface area contributed by atoms with E-state index in [1.165, 1.54) is 0 Å². The minimum Gasteiger partial charge on any atom is -0.394 e. The summed E-state index contributed by atoms with van der Waals surface area (Å²) in [6.07, 6.45) is -1.57. The fraction of sp³-hybridized carbons (Fsp3) is 0.895. The van der Waals surface area contributed by atoms with E-state index in [-0.39, 0.29) is 17.4 Å². The first kappa shape index (κ1) is 21.8. The van der Waals surface area contributed by atoms with Gasteiger partial charge >= 0.3 is 0 Å². The highest BCUT2D eigenvalue weighted by Gasteiger charge is 2.47. The molecule has 0 radical (unpaired) electrons. The molecule has 0 spiro atoms. The van der Waals surface area contributed by atoms with E-state index in [0.29, 0.717) is 5.92 Å². The Bertz CT molecular complexity index is 477. The second kappa shape index (κ2) is 8.65. The molecule has 1 aliphatic heterocycles. The van der Waals surface area contributed by atoms with Gasteiger partial charge in [0, 0.05) is 0 Å². The van der Waals surface area contributed by atoms with Crippen LogP contribution in [0, 0.1) is 17.3 Å². The summed E-state index contributed by atoms with van der Waals surface area (Å²) in [6, 6.07) is 0. The first-order valence-corrected chi connectivity index (χ1v) is 9.39. The van der Waals surface area contributed by atoms with Gasteiger partial charge in [-0.2, -0.15) is 0 Å². The van der Waals surface area contributed by atoms with Crippen molar-refractivity contribution < 1.29 is 35.0 Å². The number of aliphatic hydroxyl groups is 5. The molecule has 0 bridgehead atoms. The van der Waals surface area contributed by atoms with Gasteiger partial charge in [-0.15, -0.1) is 0 Å². The first-order valence-electron chi connectivity index (χ1n) is 9.39. The molecule has 26 heavy (non-hydrogen) atoms.